The highest BCUT2D eigenvalue weighted by molar-refractivity contribution is 6.31. The van der Waals surface area contributed by atoms with E-state index in [1.807, 2.05) is 0 Å². The molecule has 0 bridgehead atoms. The number of carbonyl (C=O) groups excluding carboxylic acids is 1. The molecule has 0 aliphatic heterocycles. The van der Waals surface area contributed by atoms with Gasteiger partial charge in [-0.25, -0.2) is 4.79 Å². The van der Waals surface area contributed by atoms with Gasteiger partial charge in [0.25, 0.3) is 0 Å². The Bertz CT molecular complexity index is 240. The molecule has 4 heteroatoms. The lowest BCUT2D eigenvalue weighted by atomic mass is 9.80. The molecule has 0 aromatic rings. The number of rotatable bonds is 1. The maximum Gasteiger partial charge on any atom is 0.394 e. The quantitative estimate of drug-likeness (QED) is 0.619. The third kappa shape index (κ3) is 2.72. The summed E-state index contributed by atoms with van der Waals surface area (Å²) < 4.78 is 0. The molecule has 0 radical (unpaired) electrons. The smallest absolute Gasteiger partial charge is 0.394 e. The zero-order chi connectivity index (χ0) is 10.7. The first kappa shape index (κ1) is 11.0. The highest BCUT2D eigenvalue weighted by Gasteiger charge is 2.27. The predicted molar refractivity (Wildman–Crippen MR) is 51.7 cm³/mol. The van der Waals surface area contributed by atoms with Crippen LogP contribution in [0, 0.1) is 11.8 Å². The summed E-state index contributed by atoms with van der Waals surface area (Å²) in [5.74, 6) is -1.21. The fourth-order valence-electron chi connectivity index (χ4n) is 2.11. The van der Waals surface area contributed by atoms with Crippen molar-refractivity contribution in [3.05, 3.63) is 0 Å². The number of hydrogen-bond acceptors (Lipinski definition) is 2. The molecule has 2 N–H and O–H groups in total. The minimum atomic E-state index is -1.39. The summed E-state index contributed by atoms with van der Waals surface area (Å²) in [6.07, 6.45) is 3.01. The highest BCUT2D eigenvalue weighted by atomic mass is 16.4. The van der Waals surface area contributed by atoms with Crippen LogP contribution < -0.4 is 5.32 Å². The van der Waals surface area contributed by atoms with Crippen molar-refractivity contribution in [1.82, 2.24) is 5.32 Å². The molecule has 4 nitrogen and oxygen atoms in total. The Morgan fingerprint density at radius 3 is 2.43 bits per heavy atom. The van der Waals surface area contributed by atoms with Crippen LogP contribution in [0.3, 0.4) is 0 Å². The fourth-order valence-corrected chi connectivity index (χ4v) is 2.11. The van der Waals surface area contributed by atoms with Gasteiger partial charge in [0.1, 0.15) is 0 Å². The molecule has 3 atom stereocenters. The van der Waals surface area contributed by atoms with Crippen molar-refractivity contribution >= 4 is 11.9 Å². The number of aliphatic carboxylic acids is 1. The molecule has 3 unspecified atom stereocenters. The van der Waals surface area contributed by atoms with Crippen molar-refractivity contribution < 1.29 is 14.7 Å². The van der Waals surface area contributed by atoms with E-state index in [1.165, 1.54) is 0 Å². The highest BCUT2D eigenvalue weighted by Crippen LogP contribution is 2.28. The average molecular weight is 199 g/mol. The van der Waals surface area contributed by atoms with Gasteiger partial charge in [-0.15, -0.1) is 0 Å². The number of amides is 1. The lowest BCUT2D eigenvalue weighted by Gasteiger charge is -2.32. The minimum absolute atomic E-state index is 0.0369. The van der Waals surface area contributed by atoms with Crippen LogP contribution in [0.2, 0.25) is 0 Å². The van der Waals surface area contributed by atoms with Crippen LogP contribution in [0.15, 0.2) is 0 Å². The van der Waals surface area contributed by atoms with Gasteiger partial charge < -0.3 is 10.4 Å². The van der Waals surface area contributed by atoms with Crippen LogP contribution in [0.4, 0.5) is 0 Å². The van der Waals surface area contributed by atoms with Crippen LogP contribution >= 0.6 is 0 Å². The lowest BCUT2D eigenvalue weighted by Crippen LogP contribution is -2.45. The second kappa shape index (κ2) is 4.44. The Morgan fingerprint density at radius 2 is 1.93 bits per heavy atom. The molecular weight excluding hydrogens is 182 g/mol. The van der Waals surface area contributed by atoms with Crippen LogP contribution in [0.1, 0.15) is 33.1 Å². The molecule has 0 aromatic heterocycles. The number of nitrogens with one attached hydrogen (secondary N) is 1. The summed E-state index contributed by atoms with van der Waals surface area (Å²) >= 11 is 0. The standard InChI is InChI=1S/C10H17NO3/c1-6-3-4-8(7(2)5-6)11-9(12)10(13)14/h6-8H,3-5H2,1-2H3,(H,11,12)(H,13,14). The average Bonchev–Trinajstić information content (AvgIpc) is 2.09. The van der Waals surface area contributed by atoms with Gasteiger partial charge in [-0.3, -0.25) is 4.79 Å². The molecule has 1 aliphatic rings. The molecule has 1 aliphatic carbocycles. The predicted octanol–water partition coefficient (Wildman–Crippen LogP) is 1.01. The van der Waals surface area contributed by atoms with E-state index in [-0.39, 0.29) is 6.04 Å². The van der Waals surface area contributed by atoms with Crippen molar-refractivity contribution in [1.29, 1.82) is 0 Å². The van der Waals surface area contributed by atoms with Crippen molar-refractivity contribution in [3.63, 3.8) is 0 Å². The van der Waals surface area contributed by atoms with Crippen LogP contribution in [-0.2, 0) is 9.59 Å². The molecule has 1 fully saturated rings. The molecule has 14 heavy (non-hydrogen) atoms. The number of carbonyl (C=O) groups is 2. The van der Waals surface area contributed by atoms with E-state index in [0.717, 1.165) is 19.3 Å². The Balaban J connectivity index is 2.45. The van der Waals surface area contributed by atoms with E-state index in [1.54, 1.807) is 0 Å². The first-order chi connectivity index (χ1) is 6.50. The monoisotopic (exact) mass is 199 g/mol. The lowest BCUT2D eigenvalue weighted by molar-refractivity contribution is -0.150. The second-order valence-corrected chi connectivity index (χ2v) is 4.28. The third-order valence-corrected chi connectivity index (χ3v) is 2.94. The molecule has 0 aromatic carbocycles. The van der Waals surface area contributed by atoms with Crippen molar-refractivity contribution in [2.75, 3.05) is 0 Å². The molecule has 1 saturated carbocycles. The van der Waals surface area contributed by atoms with E-state index in [9.17, 15) is 9.59 Å². The van der Waals surface area contributed by atoms with Gasteiger partial charge >= 0.3 is 11.9 Å². The van der Waals surface area contributed by atoms with Gasteiger partial charge in [-0.05, 0) is 31.1 Å². The first-order valence-corrected chi connectivity index (χ1v) is 5.04. The third-order valence-electron chi connectivity index (χ3n) is 2.94. The SMILES string of the molecule is CC1CCC(NC(=O)C(=O)O)C(C)C1. The summed E-state index contributed by atoms with van der Waals surface area (Å²) in [5.41, 5.74) is 0. The summed E-state index contributed by atoms with van der Waals surface area (Å²) in [6, 6.07) is 0.0369. The van der Waals surface area contributed by atoms with E-state index in [4.69, 9.17) is 5.11 Å². The maximum atomic E-state index is 10.9. The Hall–Kier alpha value is -1.06. The topological polar surface area (TPSA) is 66.4 Å². The van der Waals surface area contributed by atoms with Crippen molar-refractivity contribution in [2.24, 2.45) is 11.8 Å². The van der Waals surface area contributed by atoms with Crippen LogP contribution in [-0.4, -0.2) is 23.0 Å². The molecule has 0 spiro atoms. The molecule has 1 amide bonds. The Labute approximate surface area is 83.7 Å². The largest absolute Gasteiger partial charge is 0.474 e. The van der Waals surface area contributed by atoms with E-state index >= 15 is 0 Å². The summed E-state index contributed by atoms with van der Waals surface area (Å²) in [6.45, 7) is 4.24. The first-order valence-electron chi connectivity index (χ1n) is 5.04. The zero-order valence-electron chi connectivity index (χ0n) is 8.62. The number of hydrogen-bond donors (Lipinski definition) is 2. The van der Waals surface area contributed by atoms with E-state index < -0.39 is 11.9 Å². The molecule has 1 rings (SSSR count). The van der Waals surface area contributed by atoms with Gasteiger partial charge in [-0.1, -0.05) is 13.8 Å². The Morgan fingerprint density at radius 1 is 1.29 bits per heavy atom. The summed E-state index contributed by atoms with van der Waals surface area (Å²) in [4.78, 5) is 21.3. The van der Waals surface area contributed by atoms with Gasteiger partial charge in [0.2, 0.25) is 0 Å². The summed E-state index contributed by atoms with van der Waals surface area (Å²) in [7, 11) is 0. The summed E-state index contributed by atoms with van der Waals surface area (Å²) in [5, 5.41) is 11.0. The van der Waals surface area contributed by atoms with Crippen LogP contribution in [0.25, 0.3) is 0 Å². The normalized spacial score (nSPS) is 32.3. The van der Waals surface area contributed by atoms with Gasteiger partial charge in [0.05, 0.1) is 0 Å². The minimum Gasteiger partial charge on any atom is -0.474 e. The van der Waals surface area contributed by atoms with Crippen molar-refractivity contribution in [2.45, 2.75) is 39.2 Å². The van der Waals surface area contributed by atoms with Crippen LogP contribution in [0.5, 0.6) is 0 Å². The molecule has 0 heterocycles. The zero-order valence-corrected chi connectivity index (χ0v) is 8.62. The molecule has 80 valence electrons. The number of carboxylic acids is 1. The second-order valence-electron chi connectivity index (χ2n) is 4.28. The van der Waals surface area contributed by atoms with E-state index in [0.29, 0.717) is 11.8 Å². The van der Waals surface area contributed by atoms with E-state index in [2.05, 4.69) is 19.2 Å². The molecule has 0 saturated heterocycles. The van der Waals surface area contributed by atoms with Gasteiger partial charge in [0.15, 0.2) is 0 Å². The van der Waals surface area contributed by atoms with Crippen molar-refractivity contribution in [3.8, 4) is 0 Å². The Kier molecular flexibility index (Phi) is 3.49. The van der Waals surface area contributed by atoms with Gasteiger partial charge in [-0.2, -0.15) is 0 Å². The van der Waals surface area contributed by atoms with Gasteiger partial charge in [0, 0.05) is 6.04 Å². The number of carboxylic acid groups (broad SMARTS) is 1. The maximum absolute atomic E-state index is 10.9. The fraction of sp³-hybridized carbons (Fsp3) is 0.800. The molecular formula is C10H17NO3.